The van der Waals surface area contributed by atoms with Gasteiger partial charge in [-0.15, -0.1) is 0 Å². The van der Waals surface area contributed by atoms with Crippen LogP contribution in [-0.4, -0.2) is 21.0 Å². The van der Waals surface area contributed by atoms with Crippen molar-refractivity contribution in [2.45, 2.75) is 16.9 Å². The molecule has 12 heteroatoms. The van der Waals surface area contributed by atoms with Crippen LogP contribution in [0.25, 0.3) is 0 Å². The first-order valence-electron chi connectivity index (χ1n) is 7.74. The maximum Gasteiger partial charge on any atom is 0.254 e. The molecule has 1 amide bonds. The number of amides is 1. The number of thiocarbonyl (C=S) groups is 1. The molecule has 0 saturated heterocycles. The lowest BCUT2D eigenvalue weighted by Gasteiger charge is -2.28. The van der Waals surface area contributed by atoms with E-state index in [4.69, 9.17) is 70.2 Å². The molecule has 0 aliphatic heterocycles. The van der Waals surface area contributed by atoms with Gasteiger partial charge in [0, 0.05) is 14.0 Å². The predicted octanol–water partition coefficient (Wildman–Crippen LogP) is 7.24. The maximum absolute atomic E-state index is 12.6. The topological polar surface area (TPSA) is 53.2 Å². The van der Waals surface area contributed by atoms with Crippen molar-refractivity contribution in [2.24, 2.45) is 0 Å². The van der Waals surface area contributed by atoms with Crippen molar-refractivity contribution in [3.63, 3.8) is 0 Å². The number of alkyl halides is 3. The first-order chi connectivity index (χ1) is 13.4. The number of nitrogens with one attached hydrogen (secondary N) is 3. The molecule has 0 aromatic heterocycles. The van der Waals surface area contributed by atoms with Crippen LogP contribution in [-0.2, 0) is 0 Å². The minimum atomic E-state index is -1.91. The Hall–Kier alpha value is 0.0100. The quantitative estimate of drug-likeness (QED) is 0.187. The van der Waals surface area contributed by atoms with E-state index in [2.05, 4.69) is 47.8 Å². The molecule has 0 fully saturated rings. The number of rotatable bonds is 4. The Morgan fingerprint density at radius 1 is 1.10 bits per heavy atom. The van der Waals surface area contributed by atoms with E-state index in [1.807, 2.05) is 19.1 Å². The van der Waals surface area contributed by atoms with Crippen LogP contribution < -0.4 is 16.0 Å². The molecule has 2 rings (SSSR count). The lowest BCUT2D eigenvalue weighted by molar-refractivity contribution is 0.0934. The van der Waals surface area contributed by atoms with Gasteiger partial charge in [0.2, 0.25) is 3.79 Å². The zero-order chi connectivity index (χ0) is 21.9. The number of aryl methyl sites for hydroxylation is 1. The summed E-state index contributed by atoms with van der Waals surface area (Å²) in [5, 5.41) is 9.07. The van der Waals surface area contributed by atoms with Gasteiger partial charge in [-0.2, -0.15) is 0 Å². The Morgan fingerprint density at radius 3 is 2.31 bits per heavy atom. The minimum absolute atomic E-state index is 0.134. The monoisotopic (exact) mass is 639 g/mol. The van der Waals surface area contributed by atoms with Crippen molar-refractivity contribution in [2.75, 3.05) is 5.32 Å². The molecule has 1 unspecified atom stereocenters. The Kier molecular flexibility index (Phi) is 9.19. The third kappa shape index (κ3) is 7.28. The van der Waals surface area contributed by atoms with Crippen molar-refractivity contribution < 1.29 is 4.79 Å². The van der Waals surface area contributed by atoms with Crippen molar-refractivity contribution in [3.8, 4) is 0 Å². The van der Waals surface area contributed by atoms with Crippen LogP contribution in [0.1, 0.15) is 15.9 Å². The number of carbonyl (C=O) groups excluding carboxylic acids is 1. The van der Waals surface area contributed by atoms with Gasteiger partial charge in [-0.25, -0.2) is 0 Å². The van der Waals surface area contributed by atoms with E-state index in [0.717, 1.165) is 20.2 Å². The van der Waals surface area contributed by atoms with Crippen LogP contribution in [0, 0.1) is 6.92 Å². The van der Waals surface area contributed by atoms with E-state index < -0.39 is 15.9 Å². The molecular weight excluding hydrogens is 631 g/mol. The van der Waals surface area contributed by atoms with Crippen LogP contribution in [0.3, 0.4) is 0 Å². The average molecular weight is 643 g/mol. The van der Waals surface area contributed by atoms with Gasteiger partial charge in [0.15, 0.2) is 5.11 Å². The third-order valence-corrected chi connectivity index (χ3v) is 6.05. The molecule has 0 bridgehead atoms. The van der Waals surface area contributed by atoms with E-state index in [9.17, 15) is 4.79 Å². The molecule has 29 heavy (non-hydrogen) atoms. The molecule has 156 valence electrons. The van der Waals surface area contributed by atoms with Crippen molar-refractivity contribution in [3.05, 3.63) is 60.4 Å². The molecule has 0 aliphatic carbocycles. The van der Waals surface area contributed by atoms with Gasteiger partial charge < -0.3 is 16.0 Å². The zero-order valence-corrected chi connectivity index (χ0v) is 22.2. The van der Waals surface area contributed by atoms with Crippen LogP contribution in [0.2, 0.25) is 10.0 Å². The smallest absolute Gasteiger partial charge is 0.254 e. The zero-order valence-electron chi connectivity index (χ0n) is 14.4. The van der Waals surface area contributed by atoms with E-state index in [0.29, 0.717) is 5.02 Å². The third-order valence-electron chi connectivity index (χ3n) is 3.54. The standard InChI is InChI=1S/C17H12Br2Cl5N3OS/c1-7-4-8(18)5-11(19)13(7)25-16(29)27-15(17(22,23)24)26-14(28)10-3-2-9(20)6-12(10)21/h2-6,15H,1H3,(H,26,28)(H2,25,27,29). The van der Waals surface area contributed by atoms with Gasteiger partial charge >= 0.3 is 0 Å². The average Bonchev–Trinajstić information content (AvgIpc) is 2.56. The molecule has 0 heterocycles. The normalized spacial score (nSPS) is 12.3. The van der Waals surface area contributed by atoms with Crippen LogP contribution >= 0.6 is 102 Å². The van der Waals surface area contributed by atoms with Crippen molar-refractivity contribution in [1.82, 2.24) is 10.6 Å². The molecule has 0 spiro atoms. The fourth-order valence-electron chi connectivity index (χ4n) is 2.22. The molecule has 0 saturated carbocycles. The Labute approximate surface area is 215 Å². The highest BCUT2D eigenvalue weighted by Gasteiger charge is 2.35. The molecule has 4 nitrogen and oxygen atoms in total. The number of benzene rings is 2. The van der Waals surface area contributed by atoms with Gasteiger partial charge in [-0.1, -0.05) is 73.9 Å². The molecular formula is C17H12Br2Cl5N3OS. The molecule has 0 aliphatic rings. The Bertz CT molecular complexity index is 932. The summed E-state index contributed by atoms with van der Waals surface area (Å²) in [6.45, 7) is 1.90. The summed E-state index contributed by atoms with van der Waals surface area (Å²) < 4.78 is -0.236. The highest BCUT2D eigenvalue weighted by Crippen LogP contribution is 2.32. The maximum atomic E-state index is 12.6. The second-order valence-electron chi connectivity index (χ2n) is 5.75. The summed E-state index contributed by atoms with van der Waals surface area (Å²) in [4.78, 5) is 12.6. The largest absolute Gasteiger partial charge is 0.339 e. The van der Waals surface area contributed by atoms with Crippen molar-refractivity contribution in [1.29, 1.82) is 0 Å². The summed E-state index contributed by atoms with van der Waals surface area (Å²) in [7, 11) is 0. The van der Waals surface area contributed by atoms with E-state index >= 15 is 0 Å². The second-order valence-corrected chi connectivity index (χ2v) is 11.1. The SMILES string of the molecule is Cc1cc(Br)cc(Br)c1NC(=S)NC(NC(=O)c1ccc(Cl)cc1Cl)C(Cl)(Cl)Cl. The van der Waals surface area contributed by atoms with E-state index in [1.54, 1.807) is 0 Å². The van der Waals surface area contributed by atoms with Gasteiger partial charge in [0.05, 0.1) is 16.3 Å². The summed E-state index contributed by atoms with van der Waals surface area (Å²) in [6, 6.07) is 8.20. The fraction of sp³-hybridized carbons (Fsp3) is 0.176. The van der Waals surface area contributed by atoms with Gasteiger partial charge in [0.25, 0.3) is 5.91 Å². The summed E-state index contributed by atoms with van der Waals surface area (Å²) >= 11 is 42.2. The van der Waals surface area contributed by atoms with Crippen molar-refractivity contribution >= 4 is 119 Å². The van der Waals surface area contributed by atoms with Gasteiger partial charge in [0.1, 0.15) is 6.17 Å². The lowest BCUT2D eigenvalue weighted by atomic mass is 10.2. The van der Waals surface area contributed by atoms with E-state index in [-0.39, 0.29) is 15.7 Å². The number of halogens is 7. The van der Waals surface area contributed by atoms with Crippen LogP contribution in [0.4, 0.5) is 5.69 Å². The molecule has 0 radical (unpaired) electrons. The second kappa shape index (κ2) is 10.6. The summed E-state index contributed by atoms with van der Waals surface area (Å²) in [6.07, 6.45) is -1.15. The van der Waals surface area contributed by atoms with Gasteiger partial charge in [-0.3, -0.25) is 4.79 Å². The number of hydrogen-bond donors (Lipinski definition) is 3. The fourth-order valence-corrected chi connectivity index (χ4v) is 4.80. The molecule has 1 atom stereocenters. The molecule has 2 aromatic carbocycles. The number of anilines is 1. The number of carbonyl (C=O) groups is 1. The number of hydrogen-bond acceptors (Lipinski definition) is 2. The van der Waals surface area contributed by atoms with Crippen LogP contribution in [0.5, 0.6) is 0 Å². The predicted molar refractivity (Wildman–Crippen MR) is 134 cm³/mol. The van der Waals surface area contributed by atoms with Crippen LogP contribution in [0.15, 0.2) is 39.3 Å². The first-order valence-corrected chi connectivity index (χ1v) is 11.6. The summed E-state index contributed by atoms with van der Waals surface area (Å²) in [5.41, 5.74) is 1.81. The minimum Gasteiger partial charge on any atom is -0.339 e. The molecule has 3 N–H and O–H groups in total. The lowest BCUT2D eigenvalue weighted by Crippen LogP contribution is -2.56. The highest BCUT2D eigenvalue weighted by atomic mass is 79.9. The molecule has 2 aromatic rings. The highest BCUT2D eigenvalue weighted by molar-refractivity contribution is 9.11. The first kappa shape index (κ1) is 25.3. The Morgan fingerprint density at radius 2 is 1.76 bits per heavy atom. The summed E-state index contributed by atoms with van der Waals surface area (Å²) in [5.74, 6) is -0.570. The van der Waals surface area contributed by atoms with Gasteiger partial charge in [-0.05, 0) is 71.0 Å². The van der Waals surface area contributed by atoms with E-state index in [1.165, 1.54) is 18.2 Å². The Balaban J connectivity index is 2.17.